The monoisotopic (exact) mass is 253 g/mol. The summed E-state index contributed by atoms with van der Waals surface area (Å²) in [4.78, 5) is 10.8. The third-order valence-electron chi connectivity index (χ3n) is 2.85. The van der Waals surface area contributed by atoms with E-state index in [9.17, 15) is 0 Å². The van der Waals surface area contributed by atoms with Gasteiger partial charge in [-0.05, 0) is 26.1 Å². The SMILES string of the molecule is CSc1nc(N)cc(NCCN(C)C2CC2)n1. The van der Waals surface area contributed by atoms with Gasteiger partial charge in [0.25, 0.3) is 0 Å². The van der Waals surface area contributed by atoms with E-state index in [0.29, 0.717) is 11.0 Å². The van der Waals surface area contributed by atoms with Crippen molar-refractivity contribution in [3.8, 4) is 0 Å². The van der Waals surface area contributed by atoms with E-state index in [1.165, 1.54) is 24.6 Å². The number of nitrogen functional groups attached to an aromatic ring is 1. The molecule has 0 unspecified atom stereocenters. The van der Waals surface area contributed by atoms with Crippen LogP contribution in [0, 0.1) is 0 Å². The lowest BCUT2D eigenvalue weighted by Crippen LogP contribution is -2.27. The Kier molecular flexibility index (Phi) is 4.06. The molecule has 0 aromatic carbocycles. The quantitative estimate of drug-likeness (QED) is 0.588. The summed E-state index contributed by atoms with van der Waals surface area (Å²) in [5.74, 6) is 1.33. The molecule has 0 aliphatic heterocycles. The fourth-order valence-electron chi connectivity index (χ4n) is 1.68. The van der Waals surface area contributed by atoms with Crippen LogP contribution in [0.1, 0.15) is 12.8 Å². The highest BCUT2D eigenvalue weighted by Crippen LogP contribution is 2.24. The van der Waals surface area contributed by atoms with E-state index in [-0.39, 0.29) is 0 Å². The molecule has 3 N–H and O–H groups in total. The van der Waals surface area contributed by atoms with E-state index in [0.717, 1.165) is 24.9 Å². The van der Waals surface area contributed by atoms with Crippen molar-refractivity contribution in [2.24, 2.45) is 0 Å². The lowest BCUT2D eigenvalue weighted by atomic mass is 10.4. The average Bonchev–Trinajstić information content (AvgIpc) is 3.12. The van der Waals surface area contributed by atoms with Crippen LogP contribution in [0.2, 0.25) is 0 Å². The number of anilines is 2. The maximum Gasteiger partial charge on any atom is 0.191 e. The molecule has 94 valence electrons. The number of thioether (sulfide) groups is 1. The molecule has 1 fully saturated rings. The topological polar surface area (TPSA) is 67.1 Å². The van der Waals surface area contributed by atoms with Crippen molar-refractivity contribution in [1.29, 1.82) is 0 Å². The molecule has 0 atom stereocenters. The zero-order valence-corrected chi connectivity index (χ0v) is 11.1. The van der Waals surface area contributed by atoms with E-state index >= 15 is 0 Å². The van der Waals surface area contributed by atoms with Crippen molar-refractivity contribution < 1.29 is 0 Å². The summed E-state index contributed by atoms with van der Waals surface area (Å²) < 4.78 is 0. The number of nitrogens with one attached hydrogen (secondary N) is 1. The Balaban J connectivity index is 1.83. The minimum atomic E-state index is 0.516. The first-order chi connectivity index (χ1) is 8.19. The van der Waals surface area contributed by atoms with Crippen LogP contribution >= 0.6 is 11.8 Å². The first-order valence-electron chi connectivity index (χ1n) is 5.81. The molecule has 0 bridgehead atoms. The molecule has 1 aliphatic carbocycles. The van der Waals surface area contributed by atoms with Gasteiger partial charge in [0.1, 0.15) is 11.6 Å². The van der Waals surface area contributed by atoms with E-state index in [4.69, 9.17) is 5.73 Å². The van der Waals surface area contributed by atoms with Crippen molar-refractivity contribution in [1.82, 2.24) is 14.9 Å². The van der Waals surface area contributed by atoms with Gasteiger partial charge in [-0.25, -0.2) is 9.97 Å². The molecule has 0 amide bonds. The van der Waals surface area contributed by atoms with Gasteiger partial charge >= 0.3 is 0 Å². The molecule has 1 aromatic rings. The minimum Gasteiger partial charge on any atom is -0.383 e. The molecule has 17 heavy (non-hydrogen) atoms. The van der Waals surface area contributed by atoms with Gasteiger partial charge < -0.3 is 16.0 Å². The van der Waals surface area contributed by atoms with Crippen LogP contribution in [-0.2, 0) is 0 Å². The first kappa shape index (κ1) is 12.4. The van der Waals surface area contributed by atoms with Crippen LogP contribution in [0.4, 0.5) is 11.6 Å². The molecular formula is C11H19N5S. The number of nitrogens with two attached hydrogens (primary N) is 1. The maximum absolute atomic E-state index is 5.71. The predicted molar refractivity (Wildman–Crippen MR) is 72.4 cm³/mol. The molecule has 0 saturated heterocycles. The molecule has 1 saturated carbocycles. The van der Waals surface area contributed by atoms with Crippen molar-refractivity contribution in [2.45, 2.75) is 24.0 Å². The van der Waals surface area contributed by atoms with Gasteiger partial charge in [-0.3, -0.25) is 0 Å². The fourth-order valence-corrected chi connectivity index (χ4v) is 2.07. The zero-order chi connectivity index (χ0) is 12.3. The number of rotatable bonds is 6. The van der Waals surface area contributed by atoms with Gasteiger partial charge in [0.05, 0.1) is 0 Å². The number of likely N-dealkylation sites (N-methyl/N-ethyl adjacent to an activating group) is 1. The molecule has 1 aromatic heterocycles. The van der Waals surface area contributed by atoms with Crippen molar-refractivity contribution in [2.75, 3.05) is 37.4 Å². The van der Waals surface area contributed by atoms with E-state index < -0.39 is 0 Å². The molecule has 1 aliphatic rings. The predicted octanol–water partition coefficient (Wildman–Crippen LogP) is 1.29. The van der Waals surface area contributed by atoms with E-state index in [1.54, 1.807) is 6.07 Å². The summed E-state index contributed by atoms with van der Waals surface area (Å²) in [6, 6.07) is 2.57. The van der Waals surface area contributed by atoms with Crippen LogP contribution in [-0.4, -0.2) is 47.3 Å². The summed E-state index contributed by atoms with van der Waals surface area (Å²) in [5.41, 5.74) is 5.71. The van der Waals surface area contributed by atoms with Gasteiger partial charge in [-0.2, -0.15) is 0 Å². The highest BCUT2D eigenvalue weighted by Gasteiger charge is 2.25. The Labute approximate surface area is 106 Å². The molecule has 1 heterocycles. The van der Waals surface area contributed by atoms with Crippen LogP contribution in [0.25, 0.3) is 0 Å². The summed E-state index contributed by atoms with van der Waals surface area (Å²) in [6.07, 6.45) is 4.63. The number of hydrogen-bond acceptors (Lipinski definition) is 6. The summed E-state index contributed by atoms with van der Waals surface area (Å²) >= 11 is 1.50. The van der Waals surface area contributed by atoms with Crippen molar-refractivity contribution >= 4 is 23.4 Å². The lowest BCUT2D eigenvalue weighted by Gasteiger charge is -2.16. The highest BCUT2D eigenvalue weighted by atomic mass is 32.2. The molecule has 5 nitrogen and oxygen atoms in total. The standard InChI is InChI=1S/C11H19N5S/c1-16(8-3-4-8)6-5-13-10-7-9(12)14-11(15-10)17-2/h7-8H,3-6H2,1-2H3,(H3,12,13,14,15). The number of nitrogens with zero attached hydrogens (tertiary/aromatic N) is 3. The molecule has 0 radical (unpaired) electrons. The summed E-state index contributed by atoms with van der Waals surface area (Å²) in [7, 11) is 2.17. The normalized spacial score (nSPS) is 15.2. The van der Waals surface area contributed by atoms with Gasteiger partial charge in [-0.15, -0.1) is 0 Å². The van der Waals surface area contributed by atoms with Gasteiger partial charge in [0.15, 0.2) is 5.16 Å². The van der Waals surface area contributed by atoms with E-state index in [1.807, 2.05) is 6.26 Å². The molecule has 6 heteroatoms. The minimum absolute atomic E-state index is 0.516. The third-order valence-corrected chi connectivity index (χ3v) is 3.40. The Hall–Kier alpha value is -1.01. The molecular weight excluding hydrogens is 234 g/mol. The first-order valence-corrected chi connectivity index (χ1v) is 7.04. The second-order valence-corrected chi connectivity index (χ2v) is 5.08. The number of aromatic nitrogens is 2. The lowest BCUT2D eigenvalue weighted by molar-refractivity contribution is 0.337. The largest absolute Gasteiger partial charge is 0.383 e. The van der Waals surface area contributed by atoms with Crippen LogP contribution in [0.3, 0.4) is 0 Å². The Bertz CT molecular complexity index is 380. The average molecular weight is 253 g/mol. The van der Waals surface area contributed by atoms with Crippen molar-refractivity contribution in [3.63, 3.8) is 0 Å². The maximum atomic E-state index is 5.71. The third kappa shape index (κ3) is 3.74. The van der Waals surface area contributed by atoms with Crippen LogP contribution < -0.4 is 11.1 Å². The number of hydrogen-bond donors (Lipinski definition) is 2. The fraction of sp³-hybridized carbons (Fsp3) is 0.636. The second-order valence-electron chi connectivity index (χ2n) is 4.30. The second kappa shape index (κ2) is 5.55. The zero-order valence-electron chi connectivity index (χ0n) is 10.3. The highest BCUT2D eigenvalue weighted by molar-refractivity contribution is 7.98. The Morgan fingerprint density at radius 3 is 2.94 bits per heavy atom. The van der Waals surface area contributed by atoms with Crippen molar-refractivity contribution in [3.05, 3.63) is 6.07 Å². The van der Waals surface area contributed by atoms with Gasteiger partial charge in [0.2, 0.25) is 0 Å². The van der Waals surface area contributed by atoms with Gasteiger partial charge in [-0.1, -0.05) is 11.8 Å². The summed E-state index contributed by atoms with van der Waals surface area (Å²) in [6.45, 7) is 1.92. The smallest absolute Gasteiger partial charge is 0.191 e. The van der Waals surface area contributed by atoms with Gasteiger partial charge in [0, 0.05) is 25.2 Å². The Morgan fingerprint density at radius 1 is 1.53 bits per heavy atom. The molecule has 2 rings (SSSR count). The van der Waals surface area contributed by atoms with Crippen LogP contribution in [0.5, 0.6) is 0 Å². The van der Waals surface area contributed by atoms with Crippen LogP contribution in [0.15, 0.2) is 11.2 Å². The van der Waals surface area contributed by atoms with E-state index in [2.05, 4.69) is 27.2 Å². The summed E-state index contributed by atoms with van der Waals surface area (Å²) in [5, 5.41) is 4.00. The molecule has 0 spiro atoms. The Morgan fingerprint density at radius 2 is 2.29 bits per heavy atom.